The number of hydrogen-bond acceptors (Lipinski definition) is 4. The molecule has 18 heavy (non-hydrogen) atoms. The molecule has 1 aromatic heterocycles. The van der Waals surface area contributed by atoms with Crippen molar-refractivity contribution < 1.29 is 8.42 Å². The highest BCUT2D eigenvalue weighted by atomic mass is 32.2. The molecule has 0 bridgehead atoms. The van der Waals surface area contributed by atoms with Gasteiger partial charge in [0.15, 0.2) is 0 Å². The molecule has 0 fully saturated rings. The zero-order valence-corrected chi connectivity index (χ0v) is 11.8. The van der Waals surface area contributed by atoms with Crippen LogP contribution in [0.2, 0.25) is 0 Å². The molecule has 2 aromatic rings. The lowest BCUT2D eigenvalue weighted by atomic mass is 10.3. The van der Waals surface area contributed by atoms with Gasteiger partial charge in [-0.1, -0.05) is 6.07 Å². The van der Waals surface area contributed by atoms with E-state index in [2.05, 4.69) is 4.72 Å². The molecule has 0 amide bonds. The van der Waals surface area contributed by atoms with Crippen molar-refractivity contribution in [2.75, 3.05) is 23.7 Å². The van der Waals surface area contributed by atoms with Gasteiger partial charge < -0.3 is 4.90 Å². The van der Waals surface area contributed by atoms with Gasteiger partial charge in [0, 0.05) is 25.5 Å². The van der Waals surface area contributed by atoms with E-state index in [9.17, 15) is 8.42 Å². The van der Waals surface area contributed by atoms with Crippen LogP contribution in [0.15, 0.2) is 46.0 Å². The summed E-state index contributed by atoms with van der Waals surface area (Å²) in [5.74, 6) is 0. The Balaban J connectivity index is 2.20. The van der Waals surface area contributed by atoms with E-state index in [0.29, 0.717) is 9.90 Å². The molecule has 0 atom stereocenters. The van der Waals surface area contributed by atoms with Crippen LogP contribution < -0.4 is 9.62 Å². The van der Waals surface area contributed by atoms with E-state index in [1.807, 2.05) is 31.1 Å². The van der Waals surface area contributed by atoms with Gasteiger partial charge in [-0.25, -0.2) is 8.42 Å². The fourth-order valence-electron chi connectivity index (χ4n) is 1.45. The van der Waals surface area contributed by atoms with Crippen molar-refractivity contribution in [1.29, 1.82) is 0 Å². The standard InChI is InChI=1S/C12H14N2O2S2/c1-14(2)11-7-5-10(6-8-11)13-18(15,16)12-4-3-9-17-12/h3-9,13H,1-2H3. The topological polar surface area (TPSA) is 49.4 Å². The molecule has 0 unspecified atom stereocenters. The van der Waals surface area contributed by atoms with Crippen molar-refractivity contribution in [3.63, 3.8) is 0 Å². The summed E-state index contributed by atoms with van der Waals surface area (Å²) >= 11 is 1.20. The average molecular weight is 282 g/mol. The molecule has 0 radical (unpaired) electrons. The van der Waals surface area contributed by atoms with Crippen LogP contribution in [-0.4, -0.2) is 22.5 Å². The molecule has 0 spiro atoms. The summed E-state index contributed by atoms with van der Waals surface area (Å²) in [4.78, 5) is 1.96. The van der Waals surface area contributed by atoms with Crippen molar-refractivity contribution >= 4 is 32.7 Å². The Kier molecular flexibility index (Phi) is 3.58. The second kappa shape index (κ2) is 4.99. The third kappa shape index (κ3) is 2.83. The first-order valence-electron chi connectivity index (χ1n) is 5.33. The molecule has 1 aromatic carbocycles. The zero-order chi connectivity index (χ0) is 13.2. The van der Waals surface area contributed by atoms with Crippen molar-refractivity contribution in [2.45, 2.75) is 4.21 Å². The Morgan fingerprint density at radius 1 is 1.11 bits per heavy atom. The monoisotopic (exact) mass is 282 g/mol. The molecule has 1 heterocycles. The van der Waals surface area contributed by atoms with Crippen molar-refractivity contribution in [1.82, 2.24) is 0 Å². The molecule has 1 N–H and O–H groups in total. The molecule has 6 heteroatoms. The number of benzene rings is 1. The Morgan fingerprint density at radius 2 is 1.78 bits per heavy atom. The molecule has 0 saturated heterocycles. The minimum Gasteiger partial charge on any atom is -0.378 e. The molecular weight excluding hydrogens is 268 g/mol. The molecule has 4 nitrogen and oxygen atoms in total. The Labute approximate surface area is 111 Å². The van der Waals surface area contributed by atoms with Crippen LogP contribution >= 0.6 is 11.3 Å². The zero-order valence-electron chi connectivity index (χ0n) is 10.1. The van der Waals surface area contributed by atoms with E-state index < -0.39 is 10.0 Å². The van der Waals surface area contributed by atoms with Crippen LogP contribution in [0.4, 0.5) is 11.4 Å². The number of sulfonamides is 1. The normalized spacial score (nSPS) is 11.2. The third-order valence-electron chi connectivity index (χ3n) is 2.40. The highest BCUT2D eigenvalue weighted by Gasteiger charge is 2.14. The Hall–Kier alpha value is -1.53. The van der Waals surface area contributed by atoms with Crippen LogP contribution in [0.3, 0.4) is 0 Å². The lowest BCUT2D eigenvalue weighted by Gasteiger charge is -2.13. The summed E-state index contributed by atoms with van der Waals surface area (Å²) < 4.78 is 26.8. The lowest BCUT2D eigenvalue weighted by molar-refractivity contribution is 0.603. The van der Waals surface area contributed by atoms with Gasteiger partial charge in [-0.05, 0) is 35.7 Å². The van der Waals surface area contributed by atoms with E-state index in [-0.39, 0.29) is 0 Å². The summed E-state index contributed by atoms with van der Waals surface area (Å²) in [7, 11) is 0.423. The van der Waals surface area contributed by atoms with Gasteiger partial charge in [-0.3, -0.25) is 4.72 Å². The van der Waals surface area contributed by atoms with Gasteiger partial charge in [-0.2, -0.15) is 0 Å². The van der Waals surface area contributed by atoms with Crippen LogP contribution in [0.5, 0.6) is 0 Å². The van der Waals surface area contributed by atoms with Gasteiger partial charge in [0.05, 0.1) is 0 Å². The van der Waals surface area contributed by atoms with Gasteiger partial charge >= 0.3 is 0 Å². The number of rotatable bonds is 4. The number of nitrogens with zero attached hydrogens (tertiary/aromatic N) is 1. The third-order valence-corrected chi connectivity index (χ3v) is 5.17. The fraction of sp³-hybridized carbons (Fsp3) is 0.167. The molecule has 2 rings (SSSR count). The number of hydrogen-bond donors (Lipinski definition) is 1. The molecule has 0 aliphatic heterocycles. The first-order valence-corrected chi connectivity index (χ1v) is 7.69. The first-order chi connectivity index (χ1) is 8.49. The SMILES string of the molecule is CN(C)c1ccc(NS(=O)(=O)c2cccs2)cc1. The second-order valence-electron chi connectivity index (χ2n) is 3.98. The average Bonchev–Trinajstić information content (AvgIpc) is 2.83. The van der Waals surface area contributed by atoms with Gasteiger partial charge in [-0.15, -0.1) is 11.3 Å². The van der Waals surface area contributed by atoms with Gasteiger partial charge in [0.2, 0.25) is 0 Å². The Bertz CT molecular complexity index is 602. The summed E-state index contributed by atoms with van der Waals surface area (Å²) in [6.07, 6.45) is 0. The van der Waals surface area contributed by atoms with Crippen molar-refractivity contribution in [3.8, 4) is 0 Å². The maximum atomic E-state index is 12.0. The minimum absolute atomic E-state index is 0.319. The molecular formula is C12H14N2O2S2. The van der Waals surface area contributed by atoms with E-state index in [1.54, 1.807) is 29.6 Å². The number of thiophene rings is 1. The van der Waals surface area contributed by atoms with E-state index >= 15 is 0 Å². The van der Waals surface area contributed by atoms with Crippen LogP contribution in [-0.2, 0) is 10.0 Å². The number of anilines is 2. The Morgan fingerprint density at radius 3 is 2.28 bits per heavy atom. The largest absolute Gasteiger partial charge is 0.378 e. The molecule has 96 valence electrons. The summed E-state index contributed by atoms with van der Waals surface area (Å²) in [5.41, 5.74) is 1.59. The van der Waals surface area contributed by atoms with E-state index in [0.717, 1.165) is 5.69 Å². The van der Waals surface area contributed by atoms with Crippen LogP contribution in [0.1, 0.15) is 0 Å². The highest BCUT2D eigenvalue weighted by molar-refractivity contribution is 7.94. The van der Waals surface area contributed by atoms with Crippen LogP contribution in [0, 0.1) is 0 Å². The highest BCUT2D eigenvalue weighted by Crippen LogP contribution is 2.21. The van der Waals surface area contributed by atoms with E-state index in [4.69, 9.17) is 0 Å². The predicted molar refractivity (Wildman–Crippen MR) is 75.9 cm³/mol. The van der Waals surface area contributed by atoms with Crippen molar-refractivity contribution in [3.05, 3.63) is 41.8 Å². The maximum absolute atomic E-state index is 12.0. The fourth-order valence-corrected chi connectivity index (χ4v) is 3.50. The van der Waals surface area contributed by atoms with Crippen LogP contribution in [0.25, 0.3) is 0 Å². The first kappa shape index (κ1) is 12.9. The second-order valence-corrected chi connectivity index (χ2v) is 6.84. The van der Waals surface area contributed by atoms with Gasteiger partial charge in [0.25, 0.3) is 10.0 Å². The summed E-state index contributed by atoms with van der Waals surface area (Å²) in [5, 5.41) is 1.74. The van der Waals surface area contributed by atoms with E-state index in [1.165, 1.54) is 11.3 Å². The number of nitrogens with one attached hydrogen (secondary N) is 1. The maximum Gasteiger partial charge on any atom is 0.271 e. The smallest absolute Gasteiger partial charge is 0.271 e. The summed E-state index contributed by atoms with van der Waals surface area (Å²) in [6, 6.07) is 10.5. The van der Waals surface area contributed by atoms with Gasteiger partial charge in [0.1, 0.15) is 4.21 Å². The molecule has 0 saturated carbocycles. The molecule has 0 aliphatic rings. The lowest BCUT2D eigenvalue weighted by Crippen LogP contribution is -2.12. The predicted octanol–water partition coefficient (Wildman–Crippen LogP) is 2.61. The summed E-state index contributed by atoms with van der Waals surface area (Å²) in [6.45, 7) is 0. The quantitative estimate of drug-likeness (QED) is 0.938. The minimum atomic E-state index is -3.45. The molecule has 0 aliphatic carbocycles. The van der Waals surface area contributed by atoms with Crippen molar-refractivity contribution in [2.24, 2.45) is 0 Å².